The molecule has 0 fully saturated rings. The van der Waals surface area contributed by atoms with Crippen LogP contribution in [-0.4, -0.2) is 45.9 Å². The van der Waals surface area contributed by atoms with E-state index in [-0.39, 0.29) is 17.1 Å². The van der Waals surface area contributed by atoms with E-state index in [4.69, 9.17) is 0 Å². The third-order valence-corrected chi connectivity index (χ3v) is 4.74. The van der Waals surface area contributed by atoms with Crippen LogP contribution in [0, 0.1) is 10.5 Å². The lowest BCUT2D eigenvalue weighted by molar-refractivity contribution is -0.155. The van der Waals surface area contributed by atoms with E-state index in [2.05, 4.69) is 15.3 Å². The fourth-order valence-corrected chi connectivity index (χ4v) is 3.31. The molecule has 2 heterocycles. The Morgan fingerprint density at radius 2 is 2.00 bits per heavy atom. The van der Waals surface area contributed by atoms with Gasteiger partial charge in [0.15, 0.2) is 0 Å². The number of alkyl halides is 3. The highest BCUT2D eigenvalue weighted by atomic mass is 127. The van der Waals surface area contributed by atoms with Gasteiger partial charge in [-0.15, -0.1) is 0 Å². The minimum Gasteiger partial charge on any atom is -0.328 e. The molecule has 1 aromatic heterocycles. The summed E-state index contributed by atoms with van der Waals surface area (Å²) in [6.45, 7) is 0.638. The predicted octanol–water partition coefficient (Wildman–Crippen LogP) is 3.13. The lowest BCUT2D eigenvalue weighted by atomic mass is 9.88. The van der Waals surface area contributed by atoms with Gasteiger partial charge in [-0.25, -0.2) is 9.97 Å². The SMILES string of the molecule is Cc1cnc(NC(=O)CN2C[C@@H](C(F)(F)F)c3cc(I)ccc3C2=O)nc1. The molecule has 6 nitrogen and oxygen atoms in total. The average molecular weight is 490 g/mol. The molecule has 1 atom stereocenters. The summed E-state index contributed by atoms with van der Waals surface area (Å²) in [7, 11) is 0. The van der Waals surface area contributed by atoms with Gasteiger partial charge in [-0.3, -0.25) is 14.9 Å². The number of halogens is 4. The van der Waals surface area contributed by atoms with Crippen LogP contribution in [-0.2, 0) is 4.79 Å². The van der Waals surface area contributed by atoms with E-state index < -0.39 is 37.0 Å². The van der Waals surface area contributed by atoms with Crippen LogP contribution in [0.4, 0.5) is 19.1 Å². The van der Waals surface area contributed by atoms with Crippen LogP contribution in [0.25, 0.3) is 0 Å². The van der Waals surface area contributed by atoms with E-state index in [1.54, 1.807) is 13.0 Å². The summed E-state index contributed by atoms with van der Waals surface area (Å²) in [5, 5.41) is 2.39. The number of amides is 2. The Kier molecular flexibility index (Phi) is 5.36. The normalized spacial score (nSPS) is 16.9. The van der Waals surface area contributed by atoms with Crippen molar-refractivity contribution < 1.29 is 22.8 Å². The van der Waals surface area contributed by atoms with Crippen molar-refractivity contribution >= 4 is 40.4 Å². The Morgan fingerprint density at radius 3 is 2.63 bits per heavy atom. The fourth-order valence-electron chi connectivity index (χ4n) is 2.80. The number of nitrogens with zero attached hydrogens (tertiary/aromatic N) is 3. The average Bonchev–Trinajstić information content (AvgIpc) is 2.58. The molecular weight excluding hydrogens is 476 g/mol. The molecule has 0 spiro atoms. The van der Waals surface area contributed by atoms with E-state index in [0.29, 0.717) is 3.57 Å². The molecule has 0 unspecified atom stereocenters. The molecule has 1 N–H and O–H groups in total. The van der Waals surface area contributed by atoms with Gasteiger partial charge in [-0.2, -0.15) is 13.2 Å². The number of carbonyl (C=O) groups is 2. The number of rotatable bonds is 3. The largest absolute Gasteiger partial charge is 0.397 e. The van der Waals surface area contributed by atoms with Gasteiger partial charge in [-0.1, -0.05) is 0 Å². The molecule has 10 heteroatoms. The summed E-state index contributed by atoms with van der Waals surface area (Å²) in [6.07, 6.45) is -1.55. The molecule has 0 aliphatic carbocycles. The summed E-state index contributed by atoms with van der Waals surface area (Å²) in [5.74, 6) is -3.09. The molecule has 1 aliphatic heterocycles. The smallest absolute Gasteiger partial charge is 0.328 e. The molecule has 2 amide bonds. The first-order valence-corrected chi connectivity index (χ1v) is 8.97. The van der Waals surface area contributed by atoms with Crippen LogP contribution < -0.4 is 5.32 Å². The molecule has 2 aromatic rings. The maximum Gasteiger partial charge on any atom is 0.397 e. The summed E-state index contributed by atoms with van der Waals surface area (Å²) in [6, 6.07) is 4.29. The summed E-state index contributed by atoms with van der Waals surface area (Å²) in [5.41, 5.74) is 0.694. The highest BCUT2D eigenvalue weighted by Gasteiger charge is 2.47. The second-order valence-electron chi connectivity index (χ2n) is 6.14. The molecule has 0 saturated carbocycles. The van der Waals surface area contributed by atoms with Crippen LogP contribution in [0.1, 0.15) is 27.4 Å². The number of hydrogen-bond acceptors (Lipinski definition) is 4. The van der Waals surface area contributed by atoms with E-state index in [9.17, 15) is 22.8 Å². The van der Waals surface area contributed by atoms with Crippen molar-refractivity contribution in [3.8, 4) is 0 Å². The molecule has 0 bridgehead atoms. The monoisotopic (exact) mass is 490 g/mol. The zero-order valence-corrected chi connectivity index (χ0v) is 16.2. The first-order valence-electron chi connectivity index (χ1n) is 7.89. The van der Waals surface area contributed by atoms with Crippen molar-refractivity contribution in [3.05, 3.63) is 50.9 Å². The van der Waals surface area contributed by atoms with Gasteiger partial charge in [0.1, 0.15) is 6.54 Å². The van der Waals surface area contributed by atoms with Crippen molar-refractivity contribution in [3.63, 3.8) is 0 Å². The molecule has 3 rings (SSSR count). The maximum absolute atomic E-state index is 13.5. The van der Waals surface area contributed by atoms with Crippen LogP contribution in [0.3, 0.4) is 0 Å². The molecule has 0 radical (unpaired) electrons. The van der Waals surface area contributed by atoms with Crippen molar-refractivity contribution in [2.24, 2.45) is 0 Å². The Balaban J connectivity index is 1.81. The molecule has 27 heavy (non-hydrogen) atoms. The van der Waals surface area contributed by atoms with Crippen molar-refractivity contribution in [1.82, 2.24) is 14.9 Å². The van der Waals surface area contributed by atoms with Gasteiger partial charge in [0.25, 0.3) is 5.91 Å². The zero-order valence-electron chi connectivity index (χ0n) is 14.0. The third kappa shape index (κ3) is 4.37. The quantitative estimate of drug-likeness (QED) is 0.672. The van der Waals surface area contributed by atoms with Crippen molar-refractivity contribution in [1.29, 1.82) is 0 Å². The minimum atomic E-state index is -4.53. The standard InChI is InChI=1S/C17H14F3IN4O2/c1-9-5-22-16(23-6-9)24-14(26)8-25-7-13(17(18,19)20)12-4-10(21)2-3-11(12)15(25)27/h2-6,13H,7-8H2,1H3,(H,22,23,24,26)/t13-/m1/s1. The number of carbonyl (C=O) groups excluding carboxylic acids is 2. The Bertz CT molecular complexity index is 887. The first-order chi connectivity index (χ1) is 12.6. The van der Waals surface area contributed by atoms with E-state index >= 15 is 0 Å². The first kappa shape index (κ1) is 19.5. The Hall–Kier alpha value is -2.24. The van der Waals surface area contributed by atoms with Crippen LogP contribution in [0.2, 0.25) is 0 Å². The zero-order chi connectivity index (χ0) is 19.8. The Labute approximate surface area is 166 Å². The summed E-state index contributed by atoms with van der Waals surface area (Å²) < 4.78 is 41.1. The molecule has 1 aromatic carbocycles. The summed E-state index contributed by atoms with van der Waals surface area (Å²) >= 11 is 1.90. The number of fused-ring (bicyclic) bond motifs is 1. The van der Waals surface area contributed by atoms with Crippen LogP contribution in [0.5, 0.6) is 0 Å². The second-order valence-corrected chi connectivity index (χ2v) is 7.39. The van der Waals surface area contributed by atoms with E-state index in [1.165, 1.54) is 24.5 Å². The topological polar surface area (TPSA) is 75.2 Å². The number of hydrogen-bond donors (Lipinski definition) is 1. The minimum absolute atomic E-state index is 0.0254. The van der Waals surface area contributed by atoms with Crippen molar-refractivity contribution in [2.75, 3.05) is 18.4 Å². The Morgan fingerprint density at radius 1 is 1.33 bits per heavy atom. The van der Waals surface area contributed by atoms with Crippen molar-refractivity contribution in [2.45, 2.75) is 19.0 Å². The molecule has 0 saturated heterocycles. The van der Waals surface area contributed by atoms with E-state index in [0.717, 1.165) is 10.5 Å². The molecule has 1 aliphatic rings. The fraction of sp³-hybridized carbons (Fsp3) is 0.294. The molecule has 142 valence electrons. The second kappa shape index (κ2) is 7.41. The predicted molar refractivity (Wildman–Crippen MR) is 99.3 cm³/mol. The summed E-state index contributed by atoms with van der Waals surface area (Å²) in [4.78, 5) is 33.4. The molecular formula is C17H14F3IN4O2. The van der Waals surface area contributed by atoms with Gasteiger partial charge in [0.2, 0.25) is 11.9 Å². The number of aromatic nitrogens is 2. The lowest BCUT2D eigenvalue weighted by Gasteiger charge is -2.35. The van der Waals surface area contributed by atoms with Gasteiger partial charge >= 0.3 is 6.18 Å². The number of anilines is 1. The van der Waals surface area contributed by atoms with Crippen LogP contribution >= 0.6 is 22.6 Å². The van der Waals surface area contributed by atoms with E-state index in [1.807, 2.05) is 22.6 Å². The number of nitrogens with one attached hydrogen (secondary N) is 1. The number of aryl methyl sites for hydroxylation is 1. The van der Waals surface area contributed by atoms with Gasteiger partial charge in [0.05, 0.1) is 5.92 Å². The highest BCUT2D eigenvalue weighted by Crippen LogP contribution is 2.40. The van der Waals surface area contributed by atoms with Gasteiger partial charge in [-0.05, 0) is 58.8 Å². The van der Waals surface area contributed by atoms with Gasteiger partial charge in [0, 0.05) is 28.1 Å². The third-order valence-electron chi connectivity index (χ3n) is 4.07. The highest BCUT2D eigenvalue weighted by molar-refractivity contribution is 14.1. The lowest BCUT2D eigenvalue weighted by Crippen LogP contribution is -2.47. The maximum atomic E-state index is 13.5. The van der Waals surface area contributed by atoms with Gasteiger partial charge < -0.3 is 4.90 Å². The number of benzene rings is 1. The van der Waals surface area contributed by atoms with Crippen LogP contribution in [0.15, 0.2) is 30.6 Å².